The van der Waals surface area contributed by atoms with E-state index in [-0.39, 0.29) is 11.1 Å². The first-order valence-corrected chi connectivity index (χ1v) is 5.78. The standard InChI is InChI=1S/C8H17O4P/c1-5-11-13(10,12-6-2)8(4)7(3)9/h9H,5-6H2,1-4H3. The van der Waals surface area contributed by atoms with Gasteiger partial charge < -0.3 is 14.2 Å². The van der Waals surface area contributed by atoms with Gasteiger partial charge in [0, 0.05) is 0 Å². The molecular formula is C8H17O4P. The molecule has 0 saturated carbocycles. The fraction of sp³-hybridized carbons (Fsp3) is 0.750. The maximum Gasteiger partial charge on any atom is 0.360 e. The van der Waals surface area contributed by atoms with Gasteiger partial charge in [0.1, 0.15) is 5.76 Å². The first-order chi connectivity index (χ1) is 5.98. The molecule has 0 saturated heterocycles. The van der Waals surface area contributed by atoms with Crippen LogP contribution in [-0.4, -0.2) is 18.3 Å². The van der Waals surface area contributed by atoms with E-state index >= 15 is 0 Å². The molecule has 0 bridgehead atoms. The number of allylic oxidation sites excluding steroid dienone is 2. The van der Waals surface area contributed by atoms with Crippen LogP contribution in [0.2, 0.25) is 0 Å². The molecule has 0 unspecified atom stereocenters. The SMILES string of the molecule is CCOP(=O)(OCC)C(C)=C(C)O. The number of hydrogen-bond donors (Lipinski definition) is 1. The van der Waals surface area contributed by atoms with Crippen LogP contribution in [-0.2, 0) is 13.6 Å². The summed E-state index contributed by atoms with van der Waals surface area (Å²) >= 11 is 0. The lowest BCUT2D eigenvalue weighted by atomic mass is 10.5. The van der Waals surface area contributed by atoms with E-state index in [1.807, 2.05) is 0 Å². The van der Waals surface area contributed by atoms with Crippen molar-refractivity contribution in [3.8, 4) is 0 Å². The summed E-state index contributed by atoms with van der Waals surface area (Å²) in [5.41, 5.74) is 0. The van der Waals surface area contributed by atoms with Gasteiger partial charge in [-0.25, -0.2) is 0 Å². The van der Waals surface area contributed by atoms with Crippen LogP contribution in [0.4, 0.5) is 0 Å². The van der Waals surface area contributed by atoms with Crippen LogP contribution in [0.5, 0.6) is 0 Å². The van der Waals surface area contributed by atoms with Crippen LogP contribution in [0.3, 0.4) is 0 Å². The third kappa shape index (κ3) is 3.51. The van der Waals surface area contributed by atoms with Crippen LogP contribution in [0.1, 0.15) is 27.7 Å². The molecule has 0 aliphatic rings. The van der Waals surface area contributed by atoms with Crippen molar-refractivity contribution < 1.29 is 18.7 Å². The molecule has 0 radical (unpaired) electrons. The molecule has 0 atom stereocenters. The highest BCUT2D eigenvalue weighted by Crippen LogP contribution is 2.56. The number of aliphatic hydroxyl groups excluding tert-OH is 1. The third-order valence-corrected chi connectivity index (χ3v) is 3.87. The predicted molar refractivity (Wildman–Crippen MR) is 51.9 cm³/mol. The van der Waals surface area contributed by atoms with Gasteiger partial charge in [0.2, 0.25) is 0 Å². The van der Waals surface area contributed by atoms with E-state index in [1.54, 1.807) is 20.8 Å². The van der Waals surface area contributed by atoms with Crippen molar-refractivity contribution in [2.75, 3.05) is 13.2 Å². The van der Waals surface area contributed by atoms with Crippen LogP contribution in [0.15, 0.2) is 11.1 Å². The van der Waals surface area contributed by atoms with Gasteiger partial charge in [-0.1, -0.05) is 0 Å². The molecule has 0 aromatic carbocycles. The largest absolute Gasteiger partial charge is 0.512 e. The Morgan fingerprint density at radius 1 is 1.23 bits per heavy atom. The van der Waals surface area contributed by atoms with Crippen molar-refractivity contribution in [2.24, 2.45) is 0 Å². The topological polar surface area (TPSA) is 55.8 Å². The lowest BCUT2D eigenvalue weighted by molar-refractivity contribution is 0.224. The molecule has 0 aliphatic carbocycles. The van der Waals surface area contributed by atoms with Gasteiger partial charge in [-0.2, -0.15) is 0 Å². The van der Waals surface area contributed by atoms with E-state index in [4.69, 9.17) is 14.2 Å². The summed E-state index contributed by atoms with van der Waals surface area (Å²) in [5.74, 6) is -0.00904. The Morgan fingerprint density at radius 2 is 1.62 bits per heavy atom. The minimum absolute atomic E-state index is 0.00904. The van der Waals surface area contributed by atoms with E-state index in [1.165, 1.54) is 6.92 Å². The second kappa shape index (κ2) is 5.43. The summed E-state index contributed by atoms with van der Waals surface area (Å²) in [6.45, 7) is 7.04. The summed E-state index contributed by atoms with van der Waals surface area (Å²) in [7, 11) is -3.24. The van der Waals surface area contributed by atoms with Gasteiger partial charge >= 0.3 is 7.60 Å². The highest BCUT2D eigenvalue weighted by molar-refractivity contribution is 7.58. The monoisotopic (exact) mass is 208 g/mol. The second-order valence-electron chi connectivity index (χ2n) is 2.50. The zero-order valence-electron chi connectivity index (χ0n) is 8.53. The Morgan fingerprint density at radius 3 is 1.85 bits per heavy atom. The average molecular weight is 208 g/mol. The van der Waals surface area contributed by atoms with Crippen LogP contribution in [0.25, 0.3) is 0 Å². The minimum atomic E-state index is -3.24. The first kappa shape index (κ1) is 12.7. The van der Waals surface area contributed by atoms with Crippen molar-refractivity contribution >= 4 is 7.60 Å². The van der Waals surface area contributed by atoms with Gasteiger partial charge in [-0.15, -0.1) is 0 Å². The zero-order chi connectivity index (χ0) is 10.5. The molecular weight excluding hydrogens is 191 g/mol. The van der Waals surface area contributed by atoms with Crippen molar-refractivity contribution in [3.05, 3.63) is 11.1 Å². The lowest BCUT2D eigenvalue weighted by Crippen LogP contribution is -1.98. The summed E-state index contributed by atoms with van der Waals surface area (Å²) in [6.07, 6.45) is 0. The molecule has 0 aromatic rings. The molecule has 0 rings (SSSR count). The third-order valence-electron chi connectivity index (χ3n) is 1.53. The van der Waals surface area contributed by atoms with Crippen molar-refractivity contribution in [1.82, 2.24) is 0 Å². The van der Waals surface area contributed by atoms with Gasteiger partial charge in [-0.3, -0.25) is 4.57 Å². The Labute approximate surface area is 79.1 Å². The van der Waals surface area contributed by atoms with Crippen molar-refractivity contribution in [1.29, 1.82) is 0 Å². The molecule has 0 aromatic heterocycles. The Balaban J connectivity index is 4.79. The molecule has 4 nitrogen and oxygen atoms in total. The maximum absolute atomic E-state index is 11.9. The Bertz CT molecular complexity index is 220. The summed E-state index contributed by atoms with van der Waals surface area (Å²) in [4.78, 5) is 0. The van der Waals surface area contributed by atoms with Crippen LogP contribution >= 0.6 is 7.60 Å². The van der Waals surface area contributed by atoms with Gasteiger partial charge in [0.25, 0.3) is 0 Å². The van der Waals surface area contributed by atoms with E-state index in [2.05, 4.69) is 0 Å². The highest BCUT2D eigenvalue weighted by atomic mass is 31.2. The number of rotatable bonds is 5. The van der Waals surface area contributed by atoms with Gasteiger partial charge in [-0.05, 0) is 27.7 Å². The zero-order valence-corrected chi connectivity index (χ0v) is 9.43. The summed E-state index contributed by atoms with van der Waals surface area (Å²) in [6, 6.07) is 0. The average Bonchev–Trinajstić information content (AvgIpc) is 2.03. The van der Waals surface area contributed by atoms with Gasteiger partial charge in [0.05, 0.1) is 18.5 Å². The Hall–Kier alpha value is -0.310. The molecule has 0 amide bonds. The predicted octanol–water partition coefficient (Wildman–Crippen LogP) is 3.06. The molecule has 78 valence electrons. The fourth-order valence-corrected chi connectivity index (χ4v) is 2.31. The number of aliphatic hydroxyl groups is 1. The highest BCUT2D eigenvalue weighted by Gasteiger charge is 2.27. The van der Waals surface area contributed by atoms with E-state index in [0.717, 1.165) is 0 Å². The van der Waals surface area contributed by atoms with Crippen LogP contribution < -0.4 is 0 Å². The number of hydrogen-bond acceptors (Lipinski definition) is 4. The van der Waals surface area contributed by atoms with Crippen LogP contribution in [0, 0.1) is 0 Å². The normalized spacial score (nSPS) is 14.2. The molecule has 0 heterocycles. The van der Waals surface area contributed by atoms with E-state index in [0.29, 0.717) is 13.2 Å². The Kier molecular flexibility index (Phi) is 5.30. The fourth-order valence-electron chi connectivity index (χ4n) is 0.769. The smallest absolute Gasteiger partial charge is 0.360 e. The molecule has 13 heavy (non-hydrogen) atoms. The summed E-state index contributed by atoms with van der Waals surface area (Å²) in [5, 5.41) is 9.43. The minimum Gasteiger partial charge on any atom is -0.512 e. The summed E-state index contributed by atoms with van der Waals surface area (Å²) < 4.78 is 21.9. The molecule has 0 aliphatic heterocycles. The first-order valence-electron chi connectivity index (χ1n) is 4.24. The van der Waals surface area contributed by atoms with E-state index in [9.17, 15) is 4.57 Å². The quantitative estimate of drug-likeness (QED) is 0.557. The maximum atomic E-state index is 11.9. The van der Waals surface area contributed by atoms with Crippen molar-refractivity contribution in [3.63, 3.8) is 0 Å². The molecule has 0 fully saturated rings. The van der Waals surface area contributed by atoms with Gasteiger partial charge in [0.15, 0.2) is 0 Å². The van der Waals surface area contributed by atoms with E-state index < -0.39 is 7.60 Å². The second-order valence-corrected chi connectivity index (χ2v) is 4.69. The van der Waals surface area contributed by atoms with Crippen molar-refractivity contribution in [2.45, 2.75) is 27.7 Å². The molecule has 1 N–H and O–H groups in total. The lowest BCUT2D eigenvalue weighted by Gasteiger charge is -2.17. The molecule has 5 heteroatoms. The molecule has 0 spiro atoms.